The number of hydrogen-bond donors (Lipinski definition) is 1. The van der Waals surface area contributed by atoms with E-state index in [4.69, 9.17) is 4.74 Å². The molecule has 2 heteroatoms. The summed E-state index contributed by atoms with van der Waals surface area (Å²) in [6, 6.07) is 4.41. The summed E-state index contributed by atoms with van der Waals surface area (Å²) in [6.45, 7) is 6.50. The summed E-state index contributed by atoms with van der Waals surface area (Å²) in [7, 11) is 1.73. The Morgan fingerprint density at radius 3 is 2.43 bits per heavy atom. The topological polar surface area (TPSA) is 21.3 Å². The van der Waals surface area contributed by atoms with Crippen molar-refractivity contribution < 1.29 is 4.74 Å². The predicted octanol–water partition coefficient (Wildman–Crippen LogP) is 2.00. The summed E-state index contributed by atoms with van der Waals surface area (Å²) >= 11 is 0. The molecule has 1 aliphatic heterocycles. The number of aryl methyl sites for hydroxylation is 2. The second-order valence-electron chi connectivity index (χ2n) is 4.03. The van der Waals surface area contributed by atoms with Gasteiger partial charge in [0.2, 0.25) is 0 Å². The molecule has 0 bridgehead atoms. The van der Waals surface area contributed by atoms with E-state index in [2.05, 4.69) is 31.3 Å². The third-order valence-electron chi connectivity index (χ3n) is 3.00. The van der Waals surface area contributed by atoms with E-state index in [1.807, 2.05) is 0 Å². The van der Waals surface area contributed by atoms with E-state index < -0.39 is 0 Å². The van der Waals surface area contributed by atoms with Crippen LogP contribution in [0.3, 0.4) is 0 Å². The van der Waals surface area contributed by atoms with Crippen LogP contribution in [0, 0.1) is 13.8 Å². The number of nitrogens with one attached hydrogen (secondary N) is 1. The Labute approximate surface area is 85.3 Å². The molecule has 0 spiro atoms. The van der Waals surface area contributed by atoms with Crippen LogP contribution in [0.15, 0.2) is 12.1 Å². The summed E-state index contributed by atoms with van der Waals surface area (Å²) in [6.07, 6.45) is 0. The molecule has 0 aromatic heterocycles. The van der Waals surface area contributed by atoms with Gasteiger partial charge in [0.05, 0.1) is 7.11 Å². The lowest BCUT2D eigenvalue weighted by Crippen LogP contribution is -2.40. The second-order valence-corrected chi connectivity index (χ2v) is 4.03. The van der Waals surface area contributed by atoms with Gasteiger partial charge >= 0.3 is 0 Å². The van der Waals surface area contributed by atoms with E-state index in [9.17, 15) is 0 Å². The summed E-state index contributed by atoms with van der Waals surface area (Å²) in [4.78, 5) is 0. The van der Waals surface area contributed by atoms with Crippen LogP contribution in [0.5, 0.6) is 5.75 Å². The maximum Gasteiger partial charge on any atom is 0.122 e. The first-order valence-corrected chi connectivity index (χ1v) is 5.08. The van der Waals surface area contributed by atoms with E-state index >= 15 is 0 Å². The minimum absolute atomic E-state index is 0.708. The first-order valence-electron chi connectivity index (χ1n) is 5.08. The fourth-order valence-corrected chi connectivity index (χ4v) is 1.98. The van der Waals surface area contributed by atoms with Crippen molar-refractivity contribution in [2.75, 3.05) is 20.2 Å². The molecule has 2 nitrogen and oxygen atoms in total. The molecule has 0 radical (unpaired) electrons. The molecule has 0 amide bonds. The molecule has 1 aromatic rings. The van der Waals surface area contributed by atoms with Gasteiger partial charge in [-0.2, -0.15) is 0 Å². The Morgan fingerprint density at radius 2 is 1.93 bits per heavy atom. The Morgan fingerprint density at radius 1 is 1.21 bits per heavy atom. The summed E-state index contributed by atoms with van der Waals surface area (Å²) in [5.74, 6) is 1.71. The van der Waals surface area contributed by atoms with E-state index in [1.54, 1.807) is 7.11 Å². The van der Waals surface area contributed by atoms with E-state index in [0.29, 0.717) is 5.92 Å². The number of methoxy groups -OCH3 is 1. The van der Waals surface area contributed by atoms with Gasteiger partial charge in [0.1, 0.15) is 5.75 Å². The average Bonchev–Trinajstić information content (AvgIpc) is 2.08. The lowest BCUT2D eigenvalue weighted by molar-refractivity contribution is 0.409. The fourth-order valence-electron chi connectivity index (χ4n) is 1.98. The molecule has 1 aliphatic rings. The largest absolute Gasteiger partial charge is 0.496 e. The zero-order chi connectivity index (χ0) is 10.1. The van der Waals surface area contributed by atoms with Crippen LogP contribution in [-0.2, 0) is 0 Å². The third-order valence-corrected chi connectivity index (χ3v) is 3.00. The van der Waals surface area contributed by atoms with Crippen LogP contribution >= 0.6 is 0 Å². The average molecular weight is 191 g/mol. The van der Waals surface area contributed by atoms with Crippen molar-refractivity contribution in [3.8, 4) is 5.75 Å². The number of benzene rings is 1. The number of rotatable bonds is 2. The molecular formula is C12H17NO. The molecule has 2 rings (SSSR count). The predicted molar refractivity (Wildman–Crippen MR) is 58.1 cm³/mol. The normalized spacial score (nSPS) is 16.5. The molecule has 1 aromatic carbocycles. The standard InChI is InChI=1S/C12H17NO/c1-8-5-12(14-3)9(2)4-11(8)10-6-13-7-10/h4-5,10,13H,6-7H2,1-3H3. The Balaban J connectivity index is 2.36. The minimum atomic E-state index is 0.708. The molecule has 1 saturated heterocycles. The highest BCUT2D eigenvalue weighted by atomic mass is 16.5. The molecule has 0 aliphatic carbocycles. The third kappa shape index (κ3) is 1.50. The molecule has 14 heavy (non-hydrogen) atoms. The highest BCUT2D eigenvalue weighted by Gasteiger charge is 2.21. The van der Waals surface area contributed by atoms with Crippen LogP contribution in [0.1, 0.15) is 22.6 Å². The zero-order valence-corrected chi connectivity index (χ0v) is 9.05. The van der Waals surface area contributed by atoms with Gasteiger partial charge in [-0.05, 0) is 36.6 Å². The number of ether oxygens (including phenoxy) is 1. The fraction of sp³-hybridized carbons (Fsp3) is 0.500. The van der Waals surface area contributed by atoms with Gasteiger partial charge in [-0.1, -0.05) is 6.07 Å². The zero-order valence-electron chi connectivity index (χ0n) is 9.05. The number of hydrogen-bond acceptors (Lipinski definition) is 2. The smallest absolute Gasteiger partial charge is 0.122 e. The van der Waals surface area contributed by atoms with Crippen LogP contribution in [0.25, 0.3) is 0 Å². The van der Waals surface area contributed by atoms with Crippen molar-refractivity contribution in [3.05, 3.63) is 28.8 Å². The monoisotopic (exact) mass is 191 g/mol. The molecule has 0 saturated carbocycles. The lowest BCUT2D eigenvalue weighted by Gasteiger charge is -2.29. The summed E-state index contributed by atoms with van der Waals surface area (Å²) < 4.78 is 5.30. The van der Waals surface area contributed by atoms with Gasteiger partial charge in [0.25, 0.3) is 0 Å². The SMILES string of the molecule is COc1cc(C)c(C2CNC2)cc1C. The summed E-state index contributed by atoms with van der Waals surface area (Å²) in [5, 5.41) is 3.30. The molecule has 1 heterocycles. The molecule has 1 N–H and O–H groups in total. The van der Waals surface area contributed by atoms with E-state index in [0.717, 1.165) is 18.8 Å². The lowest BCUT2D eigenvalue weighted by atomic mass is 9.89. The van der Waals surface area contributed by atoms with Gasteiger partial charge < -0.3 is 10.1 Å². The molecule has 0 atom stereocenters. The highest BCUT2D eigenvalue weighted by molar-refractivity contribution is 5.43. The van der Waals surface area contributed by atoms with Crippen LogP contribution < -0.4 is 10.1 Å². The van der Waals surface area contributed by atoms with Gasteiger partial charge in [0, 0.05) is 19.0 Å². The van der Waals surface area contributed by atoms with Crippen molar-refractivity contribution in [1.29, 1.82) is 0 Å². The highest BCUT2D eigenvalue weighted by Crippen LogP contribution is 2.29. The van der Waals surface area contributed by atoms with Crippen LogP contribution in [0.4, 0.5) is 0 Å². The van der Waals surface area contributed by atoms with E-state index in [1.165, 1.54) is 16.7 Å². The van der Waals surface area contributed by atoms with Crippen molar-refractivity contribution >= 4 is 0 Å². The van der Waals surface area contributed by atoms with Crippen molar-refractivity contribution in [1.82, 2.24) is 5.32 Å². The molecule has 1 fully saturated rings. The second kappa shape index (κ2) is 3.62. The molecule has 0 unspecified atom stereocenters. The van der Waals surface area contributed by atoms with Gasteiger partial charge in [-0.3, -0.25) is 0 Å². The quantitative estimate of drug-likeness (QED) is 0.772. The Hall–Kier alpha value is -1.02. The Bertz CT molecular complexity index is 342. The minimum Gasteiger partial charge on any atom is -0.496 e. The maximum absolute atomic E-state index is 5.30. The Kier molecular flexibility index (Phi) is 2.46. The maximum atomic E-state index is 5.30. The van der Waals surface area contributed by atoms with Crippen molar-refractivity contribution in [3.63, 3.8) is 0 Å². The van der Waals surface area contributed by atoms with Crippen molar-refractivity contribution in [2.24, 2.45) is 0 Å². The first-order chi connectivity index (χ1) is 6.72. The van der Waals surface area contributed by atoms with Gasteiger partial charge in [-0.25, -0.2) is 0 Å². The van der Waals surface area contributed by atoms with Gasteiger partial charge in [0.15, 0.2) is 0 Å². The van der Waals surface area contributed by atoms with Gasteiger partial charge in [-0.15, -0.1) is 0 Å². The summed E-state index contributed by atoms with van der Waals surface area (Å²) in [5.41, 5.74) is 4.06. The molecule has 76 valence electrons. The van der Waals surface area contributed by atoms with Crippen LogP contribution in [0.2, 0.25) is 0 Å². The van der Waals surface area contributed by atoms with Crippen LogP contribution in [-0.4, -0.2) is 20.2 Å². The first kappa shape index (κ1) is 9.53. The van der Waals surface area contributed by atoms with E-state index in [-0.39, 0.29) is 0 Å². The molecular weight excluding hydrogens is 174 g/mol. The van der Waals surface area contributed by atoms with Crippen molar-refractivity contribution in [2.45, 2.75) is 19.8 Å².